The molecular formula is C23H27FN4O5. The zero-order valence-corrected chi connectivity index (χ0v) is 18.5. The van der Waals surface area contributed by atoms with Crippen LogP contribution in [0.1, 0.15) is 12.8 Å². The Hall–Kier alpha value is -3.82. The lowest BCUT2D eigenvalue weighted by atomic mass is 9.97. The topological polar surface area (TPSA) is 109 Å². The van der Waals surface area contributed by atoms with Crippen molar-refractivity contribution in [2.24, 2.45) is 5.92 Å². The van der Waals surface area contributed by atoms with Gasteiger partial charge in [0.25, 0.3) is 0 Å². The minimum absolute atomic E-state index is 0.151. The molecule has 9 nitrogen and oxygen atoms in total. The molecule has 1 fully saturated rings. The maximum absolute atomic E-state index is 13.0. The number of nitrogens with one attached hydrogen (secondary N) is 3. The maximum atomic E-state index is 13.0. The highest BCUT2D eigenvalue weighted by Crippen LogP contribution is 2.29. The number of nitrogens with zero attached hydrogens (tertiary/aromatic N) is 1. The minimum Gasteiger partial charge on any atom is -0.493 e. The maximum Gasteiger partial charge on any atom is 0.321 e. The third-order valence-corrected chi connectivity index (χ3v) is 5.40. The predicted octanol–water partition coefficient (Wildman–Crippen LogP) is 2.84. The SMILES string of the molecule is COc1ccc(NC(=O)C(=O)NCC2CCN(C(=O)Nc3ccc(F)cc3)CC2)cc1OC. The molecule has 3 rings (SSSR count). The monoisotopic (exact) mass is 458 g/mol. The molecule has 0 spiro atoms. The third-order valence-electron chi connectivity index (χ3n) is 5.40. The van der Waals surface area contributed by atoms with Gasteiger partial charge in [0.1, 0.15) is 5.82 Å². The van der Waals surface area contributed by atoms with Crippen molar-refractivity contribution < 1.29 is 28.2 Å². The van der Waals surface area contributed by atoms with Crippen molar-refractivity contribution in [3.63, 3.8) is 0 Å². The zero-order valence-electron chi connectivity index (χ0n) is 18.5. The van der Waals surface area contributed by atoms with Crippen LogP contribution >= 0.6 is 0 Å². The molecule has 1 saturated heterocycles. The van der Waals surface area contributed by atoms with E-state index in [1.54, 1.807) is 23.1 Å². The smallest absolute Gasteiger partial charge is 0.321 e. The molecule has 176 valence electrons. The molecule has 2 aromatic rings. The fourth-order valence-electron chi connectivity index (χ4n) is 3.50. The average Bonchev–Trinajstić information content (AvgIpc) is 2.84. The second-order valence-corrected chi connectivity index (χ2v) is 7.60. The van der Waals surface area contributed by atoms with Crippen LogP contribution in [0.15, 0.2) is 42.5 Å². The second-order valence-electron chi connectivity index (χ2n) is 7.60. The van der Waals surface area contributed by atoms with Crippen LogP contribution in [-0.2, 0) is 9.59 Å². The van der Waals surface area contributed by atoms with Crippen molar-refractivity contribution in [3.8, 4) is 11.5 Å². The molecule has 1 aliphatic rings. The largest absolute Gasteiger partial charge is 0.493 e. The number of benzene rings is 2. The quantitative estimate of drug-likeness (QED) is 0.577. The number of amides is 4. The van der Waals surface area contributed by atoms with E-state index in [1.807, 2.05) is 0 Å². The Bertz CT molecular complexity index is 991. The summed E-state index contributed by atoms with van der Waals surface area (Å²) in [5, 5.41) is 7.92. The van der Waals surface area contributed by atoms with Gasteiger partial charge in [0.15, 0.2) is 11.5 Å². The van der Waals surface area contributed by atoms with Crippen LogP contribution in [0.3, 0.4) is 0 Å². The summed E-state index contributed by atoms with van der Waals surface area (Å²) >= 11 is 0. The molecule has 2 aromatic carbocycles. The molecule has 0 atom stereocenters. The van der Waals surface area contributed by atoms with E-state index in [0.717, 1.165) is 0 Å². The molecule has 0 radical (unpaired) electrons. The third kappa shape index (κ3) is 6.58. The molecule has 3 N–H and O–H groups in total. The number of carbonyl (C=O) groups excluding carboxylic acids is 3. The number of piperidine rings is 1. The van der Waals surface area contributed by atoms with E-state index in [9.17, 15) is 18.8 Å². The molecule has 1 aliphatic heterocycles. The summed E-state index contributed by atoms with van der Waals surface area (Å²) in [6, 6.07) is 10.1. The highest BCUT2D eigenvalue weighted by atomic mass is 19.1. The fourth-order valence-corrected chi connectivity index (χ4v) is 3.50. The first-order chi connectivity index (χ1) is 15.9. The van der Waals surface area contributed by atoms with Crippen LogP contribution < -0.4 is 25.4 Å². The molecule has 4 amide bonds. The Morgan fingerprint density at radius 1 is 0.909 bits per heavy atom. The van der Waals surface area contributed by atoms with Crippen molar-refractivity contribution in [2.45, 2.75) is 12.8 Å². The van der Waals surface area contributed by atoms with Gasteiger partial charge in [-0.2, -0.15) is 0 Å². The van der Waals surface area contributed by atoms with Crippen molar-refractivity contribution in [1.82, 2.24) is 10.2 Å². The second kappa shape index (κ2) is 11.2. The number of hydrogen-bond acceptors (Lipinski definition) is 5. The fraction of sp³-hybridized carbons (Fsp3) is 0.348. The normalized spacial score (nSPS) is 13.7. The van der Waals surface area contributed by atoms with Gasteiger partial charge in [-0.15, -0.1) is 0 Å². The van der Waals surface area contributed by atoms with E-state index in [2.05, 4.69) is 16.0 Å². The highest BCUT2D eigenvalue weighted by Gasteiger charge is 2.24. The minimum atomic E-state index is -0.779. The van der Waals surface area contributed by atoms with Crippen LogP contribution in [0.5, 0.6) is 11.5 Å². The van der Waals surface area contributed by atoms with Crippen molar-refractivity contribution in [1.29, 1.82) is 0 Å². The molecule has 1 heterocycles. The Labute approximate surface area is 191 Å². The van der Waals surface area contributed by atoms with E-state index in [-0.39, 0.29) is 17.8 Å². The summed E-state index contributed by atoms with van der Waals surface area (Å²) in [5.41, 5.74) is 0.935. The number of hydrogen-bond donors (Lipinski definition) is 3. The van der Waals surface area contributed by atoms with E-state index in [0.29, 0.717) is 55.3 Å². The van der Waals surface area contributed by atoms with Crippen LogP contribution in [0.2, 0.25) is 0 Å². The Morgan fingerprint density at radius 3 is 2.18 bits per heavy atom. The van der Waals surface area contributed by atoms with E-state index in [1.165, 1.54) is 38.5 Å². The first-order valence-corrected chi connectivity index (χ1v) is 10.5. The predicted molar refractivity (Wildman–Crippen MR) is 121 cm³/mol. The number of ether oxygens (including phenoxy) is 2. The summed E-state index contributed by atoms with van der Waals surface area (Å²) in [6.45, 7) is 1.38. The summed E-state index contributed by atoms with van der Waals surface area (Å²) in [4.78, 5) is 38.4. The van der Waals surface area contributed by atoms with Gasteiger partial charge in [0, 0.05) is 37.1 Å². The number of anilines is 2. The lowest BCUT2D eigenvalue weighted by molar-refractivity contribution is -0.136. The molecule has 0 saturated carbocycles. The van der Waals surface area contributed by atoms with Gasteiger partial charge in [0.05, 0.1) is 14.2 Å². The molecule has 0 bridgehead atoms. The van der Waals surface area contributed by atoms with Crippen molar-refractivity contribution in [3.05, 3.63) is 48.3 Å². The van der Waals surface area contributed by atoms with Crippen molar-refractivity contribution in [2.75, 3.05) is 44.5 Å². The summed E-state index contributed by atoms with van der Waals surface area (Å²) < 4.78 is 23.3. The van der Waals surface area contributed by atoms with Gasteiger partial charge in [-0.25, -0.2) is 9.18 Å². The Morgan fingerprint density at radius 2 is 1.55 bits per heavy atom. The summed E-state index contributed by atoms with van der Waals surface area (Å²) in [5.74, 6) is -0.783. The molecule has 0 aliphatic carbocycles. The molecule has 0 unspecified atom stereocenters. The Balaban J connectivity index is 1.41. The lowest BCUT2D eigenvalue weighted by Gasteiger charge is -2.32. The average molecular weight is 458 g/mol. The Kier molecular flexibility index (Phi) is 8.06. The van der Waals surface area contributed by atoms with Crippen LogP contribution in [0, 0.1) is 11.7 Å². The number of methoxy groups -OCH3 is 2. The lowest BCUT2D eigenvalue weighted by Crippen LogP contribution is -2.44. The van der Waals surface area contributed by atoms with E-state index < -0.39 is 11.8 Å². The van der Waals surface area contributed by atoms with Crippen LogP contribution in [0.25, 0.3) is 0 Å². The van der Waals surface area contributed by atoms with Gasteiger partial charge < -0.3 is 30.3 Å². The molecule has 33 heavy (non-hydrogen) atoms. The summed E-state index contributed by atoms with van der Waals surface area (Å²) in [6.07, 6.45) is 1.38. The summed E-state index contributed by atoms with van der Waals surface area (Å²) in [7, 11) is 2.99. The first-order valence-electron chi connectivity index (χ1n) is 10.5. The molecular weight excluding hydrogens is 431 g/mol. The van der Waals surface area contributed by atoms with Gasteiger partial charge in [-0.1, -0.05) is 0 Å². The number of likely N-dealkylation sites (tertiary alicyclic amines) is 1. The molecule has 0 aromatic heterocycles. The zero-order chi connectivity index (χ0) is 23.8. The van der Waals surface area contributed by atoms with E-state index in [4.69, 9.17) is 9.47 Å². The number of halogens is 1. The highest BCUT2D eigenvalue weighted by molar-refractivity contribution is 6.39. The van der Waals surface area contributed by atoms with Gasteiger partial charge in [0.2, 0.25) is 0 Å². The standard InChI is InChI=1S/C23H27FN4O5/c1-32-19-8-7-18(13-20(19)33-2)26-22(30)21(29)25-14-15-9-11-28(12-10-15)23(31)27-17-5-3-16(24)4-6-17/h3-8,13,15H,9-12,14H2,1-2H3,(H,25,29)(H,26,30)(H,27,31). The first kappa shape index (κ1) is 23.8. The van der Waals surface area contributed by atoms with Crippen molar-refractivity contribution >= 4 is 29.2 Å². The number of urea groups is 1. The van der Waals surface area contributed by atoms with Crippen LogP contribution in [0.4, 0.5) is 20.6 Å². The molecule has 10 heteroatoms. The number of rotatable bonds is 6. The van der Waals surface area contributed by atoms with Gasteiger partial charge >= 0.3 is 17.8 Å². The van der Waals surface area contributed by atoms with E-state index >= 15 is 0 Å². The van der Waals surface area contributed by atoms with Crippen LogP contribution in [-0.4, -0.2) is 56.6 Å². The number of carbonyl (C=O) groups is 3. The van der Waals surface area contributed by atoms with Gasteiger partial charge in [-0.3, -0.25) is 9.59 Å². The van der Waals surface area contributed by atoms with Gasteiger partial charge in [-0.05, 0) is 55.2 Å².